The number of hydrogen-bond donors (Lipinski definition) is 2. The van der Waals surface area contributed by atoms with Gasteiger partial charge in [-0.05, 0) is 18.6 Å². The van der Waals surface area contributed by atoms with Crippen LogP contribution >= 0.6 is 0 Å². The number of benzene rings is 1. The highest BCUT2D eigenvalue weighted by atomic mass is 16.2. The van der Waals surface area contributed by atoms with E-state index in [9.17, 15) is 4.79 Å². The molecule has 0 saturated carbocycles. The number of amides is 1. The third-order valence-electron chi connectivity index (χ3n) is 2.37. The first kappa shape index (κ1) is 8.90. The summed E-state index contributed by atoms with van der Waals surface area (Å²) in [6, 6.07) is 7.58. The lowest BCUT2D eigenvalue weighted by atomic mass is 9.96. The Morgan fingerprint density at radius 1 is 1.50 bits per heavy atom. The van der Waals surface area contributed by atoms with Crippen LogP contribution in [-0.4, -0.2) is 11.6 Å². The number of fused-ring (bicyclic) bond motifs is 1. The van der Waals surface area contributed by atoms with Crippen molar-refractivity contribution in [1.29, 1.82) is 0 Å². The number of nitrogens with one attached hydrogen (secondary N) is 1. The quantitative estimate of drug-likeness (QED) is 0.391. The third kappa shape index (κ3) is 1.20. The molecule has 1 atom stereocenters. The van der Waals surface area contributed by atoms with E-state index in [-0.39, 0.29) is 11.8 Å². The second-order valence-electron chi connectivity index (χ2n) is 3.25. The largest absolute Gasteiger partial charge is 0.293 e. The maximum atomic E-state index is 11.5. The van der Waals surface area contributed by atoms with E-state index >= 15 is 0 Å². The van der Waals surface area contributed by atoms with Gasteiger partial charge in [-0.3, -0.25) is 15.2 Å². The molecule has 1 amide bonds. The molecule has 0 fully saturated rings. The number of aliphatic imine (C=N–C) groups is 1. The van der Waals surface area contributed by atoms with Crippen LogP contribution in [0.2, 0.25) is 0 Å². The van der Waals surface area contributed by atoms with E-state index in [1.54, 1.807) is 0 Å². The molecular weight excluding hydrogens is 178 g/mol. The first-order valence-corrected chi connectivity index (χ1v) is 4.38. The number of nitrogens with zero attached hydrogens (tertiary/aromatic N) is 1. The zero-order valence-electron chi connectivity index (χ0n) is 7.82. The lowest BCUT2D eigenvalue weighted by molar-refractivity contribution is -0.121. The van der Waals surface area contributed by atoms with Crippen molar-refractivity contribution in [1.82, 2.24) is 5.43 Å². The summed E-state index contributed by atoms with van der Waals surface area (Å²) in [6.45, 7) is 1.83. The van der Waals surface area contributed by atoms with Crippen LogP contribution in [0.1, 0.15) is 18.4 Å². The van der Waals surface area contributed by atoms with Gasteiger partial charge in [0.1, 0.15) is 5.92 Å². The van der Waals surface area contributed by atoms with Gasteiger partial charge in [0.15, 0.2) is 0 Å². The van der Waals surface area contributed by atoms with Crippen molar-refractivity contribution in [2.75, 3.05) is 0 Å². The number of hydrogen-bond acceptors (Lipinski definition) is 3. The van der Waals surface area contributed by atoms with Gasteiger partial charge >= 0.3 is 0 Å². The minimum Gasteiger partial charge on any atom is -0.293 e. The minimum absolute atomic E-state index is 0.212. The van der Waals surface area contributed by atoms with E-state index in [2.05, 4.69) is 10.4 Å². The van der Waals surface area contributed by atoms with Crippen LogP contribution in [0, 0.1) is 0 Å². The molecule has 14 heavy (non-hydrogen) atoms. The number of carbonyl (C=O) groups excluding carboxylic acids is 1. The predicted molar refractivity (Wildman–Crippen MR) is 54.3 cm³/mol. The molecule has 0 radical (unpaired) electrons. The Hall–Kier alpha value is -1.68. The summed E-state index contributed by atoms with van der Waals surface area (Å²) in [7, 11) is 0. The Morgan fingerprint density at radius 3 is 2.93 bits per heavy atom. The fourth-order valence-corrected chi connectivity index (χ4v) is 1.73. The number of nitrogens with two attached hydrogens (primary N) is 1. The van der Waals surface area contributed by atoms with E-state index in [4.69, 9.17) is 5.84 Å². The smallest absolute Gasteiger partial charge is 0.247 e. The van der Waals surface area contributed by atoms with Crippen molar-refractivity contribution in [2.45, 2.75) is 12.8 Å². The van der Waals surface area contributed by atoms with Crippen molar-refractivity contribution >= 4 is 17.3 Å². The average molecular weight is 189 g/mol. The standard InChI is InChI=1S/C10H11N3O/c1-6-9(10(14)13-11)7-4-2-3-5-8(7)12-6/h2-5,9H,11H2,1H3,(H,13,14). The van der Waals surface area contributed by atoms with Crippen LogP contribution in [0.5, 0.6) is 0 Å². The van der Waals surface area contributed by atoms with E-state index in [0.29, 0.717) is 0 Å². The van der Waals surface area contributed by atoms with Crippen molar-refractivity contribution in [3.63, 3.8) is 0 Å². The molecule has 1 aromatic rings. The molecule has 1 heterocycles. The van der Waals surface area contributed by atoms with Crippen LogP contribution in [0.3, 0.4) is 0 Å². The molecule has 3 N–H and O–H groups in total. The topological polar surface area (TPSA) is 67.5 Å². The Morgan fingerprint density at radius 2 is 2.21 bits per heavy atom. The molecule has 2 rings (SSSR count). The normalized spacial score (nSPS) is 18.7. The highest BCUT2D eigenvalue weighted by Crippen LogP contribution is 2.34. The summed E-state index contributed by atoms with van der Waals surface area (Å²) in [6.07, 6.45) is 0. The predicted octanol–water partition coefficient (Wildman–Crippen LogP) is 0.866. The van der Waals surface area contributed by atoms with Gasteiger partial charge in [0.05, 0.1) is 5.69 Å². The Balaban J connectivity index is 2.46. The van der Waals surface area contributed by atoms with Crippen LogP contribution < -0.4 is 11.3 Å². The average Bonchev–Trinajstić information content (AvgIpc) is 2.53. The lowest BCUT2D eigenvalue weighted by Crippen LogP contribution is -2.36. The lowest BCUT2D eigenvalue weighted by Gasteiger charge is -2.09. The highest BCUT2D eigenvalue weighted by Gasteiger charge is 2.29. The van der Waals surface area contributed by atoms with Crippen molar-refractivity contribution < 1.29 is 4.79 Å². The van der Waals surface area contributed by atoms with E-state index in [1.807, 2.05) is 31.2 Å². The summed E-state index contributed by atoms with van der Waals surface area (Å²) in [4.78, 5) is 15.8. The molecule has 72 valence electrons. The van der Waals surface area contributed by atoms with Gasteiger partial charge in [0, 0.05) is 5.71 Å². The minimum atomic E-state index is -0.323. The molecule has 1 aromatic carbocycles. The third-order valence-corrected chi connectivity index (χ3v) is 2.37. The summed E-state index contributed by atoms with van der Waals surface area (Å²) < 4.78 is 0. The fraction of sp³-hybridized carbons (Fsp3) is 0.200. The maximum Gasteiger partial charge on any atom is 0.247 e. The molecule has 0 bridgehead atoms. The second kappa shape index (κ2) is 3.23. The van der Waals surface area contributed by atoms with E-state index in [1.165, 1.54) is 0 Å². The van der Waals surface area contributed by atoms with Gasteiger partial charge in [-0.1, -0.05) is 18.2 Å². The van der Waals surface area contributed by atoms with Gasteiger partial charge in [0.25, 0.3) is 0 Å². The number of hydrazine groups is 1. The Bertz CT molecular complexity index is 412. The van der Waals surface area contributed by atoms with Crippen LogP contribution in [0.4, 0.5) is 5.69 Å². The molecule has 4 heteroatoms. The fourth-order valence-electron chi connectivity index (χ4n) is 1.73. The SMILES string of the molecule is CC1=Nc2ccccc2C1C(=O)NN. The Labute approximate surface area is 81.8 Å². The van der Waals surface area contributed by atoms with Crippen LogP contribution in [0.15, 0.2) is 29.3 Å². The molecule has 4 nitrogen and oxygen atoms in total. The summed E-state index contributed by atoms with van der Waals surface area (Å²) in [5.41, 5.74) is 4.73. The first-order valence-electron chi connectivity index (χ1n) is 4.38. The maximum absolute atomic E-state index is 11.5. The van der Waals surface area contributed by atoms with E-state index < -0.39 is 0 Å². The molecular formula is C10H11N3O. The molecule has 0 aliphatic carbocycles. The summed E-state index contributed by atoms with van der Waals surface area (Å²) in [5, 5.41) is 0. The van der Waals surface area contributed by atoms with Gasteiger partial charge in [-0.2, -0.15) is 0 Å². The molecule has 1 aliphatic rings. The van der Waals surface area contributed by atoms with Gasteiger partial charge in [0.2, 0.25) is 5.91 Å². The van der Waals surface area contributed by atoms with Gasteiger partial charge in [-0.25, -0.2) is 5.84 Å². The summed E-state index contributed by atoms with van der Waals surface area (Å²) >= 11 is 0. The van der Waals surface area contributed by atoms with Gasteiger partial charge in [-0.15, -0.1) is 0 Å². The molecule has 1 unspecified atom stereocenters. The first-order chi connectivity index (χ1) is 6.74. The number of carbonyl (C=O) groups is 1. The molecule has 0 spiro atoms. The van der Waals surface area contributed by atoms with Crippen molar-refractivity contribution in [3.05, 3.63) is 29.8 Å². The second-order valence-corrected chi connectivity index (χ2v) is 3.25. The molecule has 0 saturated heterocycles. The van der Waals surface area contributed by atoms with Crippen molar-refractivity contribution in [2.24, 2.45) is 10.8 Å². The highest BCUT2D eigenvalue weighted by molar-refractivity contribution is 6.12. The van der Waals surface area contributed by atoms with Crippen LogP contribution in [-0.2, 0) is 4.79 Å². The summed E-state index contributed by atoms with van der Waals surface area (Å²) in [5.74, 6) is 4.58. The molecule has 1 aliphatic heterocycles. The zero-order valence-corrected chi connectivity index (χ0v) is 7.82. The van der Waals surface area contributed by atoms with E-state index in [0.717, 1.165) is 17.0 Å². The van der Waals surface area contributed by atoms with Gasteiger partial charge < -0.3 is 0 Å². The number of para-hydroxylation sites is 1. The number of rotatable bonds is 1. The molecule has 0 aromatic heterocycles. The zero-order chi connectivity index (χ0) is 10.1. The van der Waals surface area contributed by atoms with Crippen molar-refractivity contribution in [3.8, 4) is 0 Å². The Kier molecular flexibility index (Phi) is 2.05. The van der Waals surface area contributed by atoms with Crippen LogP contribution in [0.25, 0.3) is 0 Å². The monoisotopic (exact) mass is 189 g/mol.